The number of methoxy groups -OCH3 is 2. The van der Waals surface area contributed by atoms with Crippen molar-refractivity contribution in [3.63, 3.8) is 0 Å². The van der Waals surface area contributed by atoms with Crippen LogP contribution < -0.4 is 4.74 Å². The first-order valence-electron chi connectivity index (χ1n) is 6.68. The molecule has 1 saturated heterocycles. The van der Waals surface area contributed by atoms with Crippen LogP contribution >= 0.6 is 0 Å². The van der Waals surface area contributed by atoms with Crippen LogP contribution in [0.4, 0.5) is 0 Å². The van der Waals surface area contributed by atoms with Gasteiger partial charge in [0.2, 0.25) is 0 Å². The monoisotopic (exact) mass is 263 g/mol. The SMILES string of the molecule is COC(=O)C(CN1CCCC1)c1ccc(OC)cc1. The summed E-state index contributed by atoms with van der Waals surface area (Å²) >= 11 is 0. The molecule has 1 heterocycles. The topological polar surface area (TPSA) is 38.8 Å². The summed E-state index contributed by atoms with van der Waals surface area (Å²) in [6, 6.07) is 7.65. The van der Waals surface area contributed by atoms with Crippen molar-refractivity contribution in [2.75, 3.05) is 33.9 Å². The summed E-state index contributed by atoms with van der Waals surface area (Å²) in [5.74, 6) is 0.416. The summed E-state index contributed by atoms with van der Waals surface area (Å²) in [6.45, 7) is 2.88. The molecule has 4 nitrogen and oxygen atoms in total. The van der Waals surface area contributed by atoms with Gasteiger partial charge < -0.3 is 14.4 Å². The molecule has 19 heavy (non-hydrogen) atoms. The van der Waals surface area contributed by atoms with Gasteiger partial charge in [-0.25, -0.2) is 0 Å². The van der Waals surface area contributed by atoms with Crippen LogP contribution in [0.3, 0.4) is 0 Å². The van der Waals surface area contributed by atoms with Crippen molar-refractivity contribution < 1.29 is 14.3 Å². The molecule has 104 valence electrons. The number of hydrogen-bond donors (Lipinski definition) is 0. The normalized spacial score (nSPS) is 17.2. The van der Waals surface area contributed by atoms with Crippen LogP contribution in [0.2, 0.25) is 0 Å². The van der Waals surface area contributed by atoms with E-state index in [1.165, 1.54) is 20.0 Å². The van der Waals surface area contributed by atoms with E-state index in [-0.39, 0.29) is 11.9 Å². The Labute approximate surface area is 114 Å². The van der Waals surface area contributed by atoms with Crippen LogP contribution in [0.1, 0.15) is 24.3 Å². The number of esters is 1. The molecular weight excluding hydrogens is 242 g/mol. The molecule has 1 aromatic carbocycles. The van der Waals surface area contributed by atoms with Crippen molar-refractivity contribution in [2.24, 2.45) is 0 Å². The molecule has 1 unspecified atom stereocenters. The molecule has 0 N–H and O–H groups in total. The molecule has 0 saturated carbocycles. The van der Waals surface area contributed by atoms with E-state index in [2.05, 4.69) is 4.90 Å². The molecule has 1 atom stereocenters. The first-order chi connectivity index (χ1) is 9.24. The largest absolute Gasteiger partial charge is 0.497 e. The third kappa shape index (κ3) is 3.47. The number of hydrogen-bond acceptors (Lipinski definition) is 4. The highest BCUT2D eigenvalue weighted by atomic mass is 16.5. The second-order valence-electron chi connectivity index (χ2n) is 4.86. The molecule has 0 aliphatic carbocycles. The number of benzene rings is 1. The summed E-state index contributed by atoms with van der Waals surface area (Å²) in [5, 5.41) is 0. The van der Waals surface area contributed by atoms with Gasteiger partial charge in [-0.05, 0) is 43.6 Å². The lowest BCUT2D eigenvalue weighted by Gasteiger charge is -2.22. The number of carbonyl (C=O) groups is 1. The summed E-state index contributed by atoms with van der Waals surface area (Å²) in [7, 11) is 3.08. The fourth-order valence-corrected chi connectivity index (χ4v) is 2.52. The lowest BCUT2D eigenvalue weighted by atomic mass is 9.98. The molecule has 1 aliphatic heterocycles. The molecule has 0 aromatic heterocycles. The van der Waals surface area contributed by atoms with Gasteiger partial charge in [0.1, 0.15) is 5.75 Å². The molecule has 1 fully saturated rings. The molecule has 1 aliphatic rings. The van der Waals surface area contributed by atoms with Gasteiger partial charge in [0.25, 0.3) is 0 Å². The van der Waals surface area contributed by atoms with Crippen LogP contribution in [-0.2, 0) is 9.53 Å². The third-order valence-electron chi connectivity index (χ3n) is 3.64. The number of ether oxygens (including phenoxy) is 2. The Bertz CT molecular complexity index is 410. The van der Waals surface area contributed by atoms with Crippen molar-refractivity contribution in [3.05, 3.63) is 29.8 Å². The van der Waals surface area contributed by atoms with E-state index in [1.54, 1.807) is 7.11 Å². The predicted octanol–water partition coefficient (Wildman–Crippen LogP) is 2.05. The highest BCUT2D eigenvalue weighted by Crippen LogP contribution is 2.23. The van der Waals surface area contributed by atoms with Crippen molar-refractivity contribution >= 4 is 5.97 Å². The minimum atomic E-state index is -0.214. The third-order valence-corrected chi connectivity index (χ3v) is 3.64. The van der Waals surface area contributed by atoms with E-state index in [0.29, 0.717) is 0 Å². The second-order valence-corrected chi connectivity index (χ2v) is 4.86. The maximum absolute atomic E-state index is 12.0. The number of likely N-dealkylation sites (tertiary alicyclic amines) is 1. The Morgan fingerprint density at radius 3 is 2.37 bits per heavy atom. The van der Waals surface area contributed by atoms with E-state index >= 15 is 0 Å². The van der Waals surface area contributed by atoms with Gasteiger partial charge in [-0.2, -0.15) is 0 Å². The van der Waals surface area contributed by atoms with Gasteiger partial charge in [-0.15, -0.1) is 0 Å². The molecule has 0 amide bonds. The van der Waals surface area contributed by atoms with Gasteiger partial charge in [0, 0.05) is 6.54 Å². The lowest BCUT2D eigenvalue weighted by molar-refractivity contribution is -0.142. The average Bonchev–Trinajstić information content (AvgIpc) is 2.97. The Morgan fingerprint density at radius 2 is 1.84 bits per heavy atom. The van der Waals surface area contributed by atoms with Crippen molar-refractivity contribution in [1.82, 2.24) is 4.90 Å². The molecule has 0 bridgehead atoms. The van der Waals surface area contributed by atoms with Gasteiger partial charge >= 0.3 is 5.97 Å². The summed E-state index contributed by atoms with van der Waals surface area (Å²) < 4.78 is 10.1. The molecule has 0 spiro atoms. The first-order valence-corrected chi connectivity index (χ1v) is 6.68. The Morgan fingerprint density at radius 1 is 1.21 bits per heavy atom. The molecule has 1 aromatic rings. The van der Waals surface area contributed by atoms with Crippen molar-refractivity contribution in [2.45, 2.75) is 18.8 Å². The maximum Gasteiger partial charge on any atom is 0.314 e. The number of nitrogens with zero attached hydrogens (tertiary/aromatic N) is 1. The van der Waals surface area contributed by atoms with Crippen molar-refractivity contribution in [3.8, 4) is 5.75 Å². The van der Waals surface area contributed by atoms with Crippen LogP contribution in [0, 0.1) is 0 Å². The fourth-order valence-electron chi connectivity index (χ4n) is 2.52. The Hall–Kier alpha value is -1.55. The molecule has 0 radical (unpaired) electrons. The zero-order valence-electron chi connectivity index (χ0n) is 11.6. The Kier molecular flexibility index (Phi) is 4.80. The summed E-state index contributed by atoms with van der Waals surface area (Å²) in [5.41, 5.74) is 0.986. The number of carbonyl (C=O) groups excluding carboxylic acids is 1. The molecule has 4 heteroatoms. The standard InChI is InChI=1S/C15H21NO3/c1-18-13-7-5-12(6-8-13)14(15(17)19-2)11-16-9-3-4-10-16/h5-8,14H,3-4,9-11H2,1-2H3. The van der Waals surface area contributed by atoms with E-state index in [0.717, 1.165) is 30.9 Å². The van der Waals surface area contributed by atoms with Crippen LogP contribution in [0.5, 0.6) is 5.75 Å². The first kappa shape index (κ1) is 13.9. The Balaban J connectivity index is 2.12. The van der Waals surface area contributed by atoms with Crippen molar-refractivity contribution in [1.29, 1.82) is 0 Å². The smallest absolute Gasteiger partial charge is 0.314 e. The predicted molar refractivity (Wildman–Crippen MR) is 73.4 cm³/mol. The summed E-state index contributed by atoms with van der Waals surface area (Å²) in [4.78, 5) is 14.3. The van der Waals surface area contributed by atoms with Gasteiger partial charge in [0.15, 0.2) is 0 Å². The fraction of sp³-hybridized carbons (Fsp3) is 0.533. The van der Waals surface area contributed by atoms with Gasteiger partial charge in [0.05, 0.1) is 20.1 Å². The van der Waals surface area contributed by atoms with E-state index in [9.17, 15) is 4.79 Å². The second kappa shape index (κ2) is 6.57. The molecule has 2 rings (SSSR count). The van der Waals surface area contributed by atoms with Crippen LogP contribution in [0.25, 0.3) is 0 Å². The van der Waals surface area contributed by atoms with E-state index in [1.807, 2.05) is 24.3 Å². The highest BCUT2D eigenvalue weighted by molar-refractivity contribution is 5.78. The zero-order chi connectivity index (χ0) is 13.7. The van der Waals surface area contributed by atoms with Gasteiger partial charge in [-0.3, -0.25) is 4.79 Å². The van der Waals surface area contributed by atoms with Gasteiger partial charge in [-0.1, -0.05) is 12.1 Å². The lowest BCUT2D eigenvalue weighted by Crippen LogP contribution is -2.30. The minimum absolute atomic E-state index is 0.169. The summed E-state index contributed by atoms with van der Waals surface area (Å²) in [6.07, 6.45) is 2.44. The van der Waals surface area contributed by atoms with Crippen LogP contribution in [-0.4, -0.2) is 44.7 Å². The molecular formula is C15H21NO3. The highest BCUT2D eigenvalue weighted by Gasteiger charge is 2.25. The average molecular weight is 263 g/mol. The number of rotatable bonds is 5. The van der Waals surface area contributed by atoms with E-state index in [4.69, 9.17) is 9.47 Å². The van der Waals surface area contributed by atoms with E-state index < -0.39 is 0 Å². The van der Waals surface area contributed by atoms with Crippen LogP contribution in [0.15, 0.2) is 24.3 Å². The minimum Gasteiger partial charge on any atom is -0.497 e. The zero-order valence-corrected chi connectivity index (χ0v) is 11.6. The maximum atomic E-state index is 12.0. The quantitative estimate of drug-likeness (QED) is 0.762.